The molecule has 0 aliphatic rings. The van der Waals surface area contributed by atoms with Crippen molar-refractivity contribution < 1.29 is 9.53 Å². The molecule has 0 aliphatic carbocycles. The molecule has 0 bridgehead atoms. The molecule has 3 N–H and O–H groups in total. The molecule has 0 fully saturated rings. The molecular formula is C14H17IN4O2. The average Bonchev–Trinajstić information content (AvgIpc) is 2.73. The van der Waals surface area contributed by atoms with Gasteiger partial charge in [0.2, 0.25) is 0 Å². The number of carbonyl (C=O) groups is 1. The number of amides is 1. The normalized spacial score (nSPS) is 10.5. The zero-order valence-electron chi connectivity index (χ0n) is 12.1. The summed E-state index contributed by atoms with van der Waals surface area (Å²) in [6.45, 7) is 4.52. The highest BCUT2D eigenvalue weighted by atomic mass is 127. The largest absolute Gasteiger partial charge is 0.496 e. The lowest BCUT2D eigenvalue weighted by Gasteiger charge is -2.11. The van der Waals surface area contributed by atoms with Crippen molar-refractivity contribution in [1.82, 2.24) is 15.2 Å². The van der Waals surface area contributed by atoms with Crippen LogP contribution in [-0.4, -0.2) is 22.8 Å². The van der Waals surface area contributed by atoms with Gasteiger partial charge in [-0.05, 0) is 54.6 Å². The second kappa shape index (κ2) is 6.44. The van der Waals surface area contributed by atoms with Crippen molar-refractivity contribution in [3.63, 3.8) is 0 Å². The number of halogens is 1. The van der Waals surface area contributed by atoms with Gasteiger partial charge in [-0.3, -0.25) is 14.9 Å². The van der Waals surface area contributed by atoms with Crippen LogP contribution in [0.25, 0.3) is 0 Å². The lowest BCUT2D eigenvalue weighted by Crippen LogP contribution is -2.30. The number of nitrogen functional groups attached to an aromatic ring is 1. The molecule has 1 aromatic heterocycles. The van der Waals surface area contributed by atoms with E-state index in [1.54, 1.807) is 25.3 Å². The van der Waals surface area contributed by atoms with E-state index in [0.717, 1.165) is 20.5 Å². The second-order valence-electron chi connectivity index (χ2n) is 4.64. The maximum atomic E-state index is 11.6. The first-order valence-corrected chi connectivity index (χ1v) is 7.43. The molecule has 0 unspecified atom stereocenters. The molecule has 0 aliphatic heterocycles. The fourth-order valence-electron chi connectivity index (χ4n) is 2.12. The number of hydrazine groups is 1. The number of rotatable bonds is 4. The van der Waals surface area contributed by atoms with Crippen molar-refractivity contribution in [3.8, 4) is 5.75 Å². The standard InChI is InChI=1S/C14H17IN4O2/c1-8-13(15)9(2)19(18-8)7-11-6-10(14(20)17-16)4-5-12(11)21-3/h4-6H,7,16H2,1-3H3,(H,17,20). The first-order valence-electron chi connectivity index (χ1n) is 6.35. The maximum Gasteiger partial charge on any atom is 0.265 e. The summed E-state index contributed by atoms with van der Waals surface area (Å²) in [4.78, 5) is 11.6. The minimum atomic E-state index is -0.332. The lowest BCUT2D eigenvalue weighted by molar-refractivity contribution is 0.0953. The second-order valence-corrected chi connectivity index (χ2v) is 5.72. The Morgan fingerprint density at radius 3 is 2.71 bits per heavy atom. The molecule has 0 saturated carbocycles. The maximum absolute atomic E-state index is 11.6. The van der Waals surface area contributed by atoms with Gasteiger partial charge in [0.25, 0.3) is 5.91 Å². The minimum absolute atomic E-state index is 0.332. The molecule has 2 aromatic rings. The molecule has 21 heavy (non-hydrogen) atoms. The Morgan fingerprint density at radius 1 is 1.48 bits per heavy atom. The van der Waals surface area contributed by atoms with Crippen LogP contribution in [0.4, 0.5) is 0 Å². The van der Waals surface area contributed by atoms with Crippen molar-refractivity contribution in [2.45, 2.75) is 20.4 Å². The third kappa shape index (κ3) is 3.18. The fraction of sp³-hybridized carbons (Fsp3) is 0.286. The number of ether oxygens (including phenoxy) is 1. The van der Waals surface area contributed by atoms with Crippen LogP contribution in [0.15, 0.2) is 18.2 Å². The van der Waals surface area contributed by atoms with Crippen LogP contribution >= 0.6 is 22.6 Å². The molecule has 0 radical (unpaired) electrons. The Kier molecular flexibility index (Phi) is 4.84. The summed E-state index contributed by atoms with van der Waals surface area (Å²) in [5.74, 6) is 5.56. The first-order chi connectivity index (χ1) is 9.97. The van der Waals surface area contributed by atoms with E-state index >= 15 is 0 Å². The molecule has 0 spiro atoms. The van der Waals surface area contributed by atoms with E-state index < -0.39 is 0 Å². The molecule has 0 atom stereocenters. The molecule has 112 valence electrons. The number of nitrogens with one attached hydrogen (secondary N) is 1. The van der Waals surface area contributed by atoms with Crippen LogP contribution < -0.4 is 16.0 Å². The third-order valence-corrected chi connectivity index (χ3v) is 4.85. The smallest absolute Gasteiger partial charge is 0.265 e. The van der Waals surface area contributed by atoms with Crippen LogP contribution in [-0.2, 0) is 6.54 Å². The van der Waals surface area contributed by atoms with Crippen molar-refractivity contribution in [2.75, 3.05) is 7.11 Å². The monoisotopic (exact) mass is 400 g/mol. The van der Waals surface area contributed by atoms with Gasteiger partial charge >= 0.3 is 0 Å². The lowest BCUT2D eigenvalue weighted by atomic mass is 10.1. The highest BCUT2D eigenvalue weighted by Crippen LogP contribution is 2.23. The molecule has 1 aromatic carbocycles. The van der Waals surface area contributed by atoms with Gasteiger partial charge in [0.1, 0.15) is 5.75 Å². The highest BCUT2D eigenvalue weighted by Gasteiger charge is 2.13. The Bertz CT molecular complexity index is 682. The molecule has 6 nitrogen and oxygen atoms in total. The third-order valence-electron chi connectivity index (χ3n) is 3.29. The summed E-state index contributed by atoms with van der Waals surface area (Å²) in [5, 5.41) is 4.50. The number of nitrogens with two attached hydrogens (primary N) is 1. The molecule has 1 heterocycles. The van der Waals surface area contributed by atoms with E-state index in [9.17, 15) is 4.79 Å². The van der Waals surface area contributed by atoms with Crippen LogP contribution in [0.2, 0.25) is 0 Å². The number of aromatic nitrogens is 2. The number of hydrogen-bond donors (Lipinski definition) is 2. The predicted molar refractivity (Wildman–Crippen MR) is 88.2 cm³/mol. The SMILES string of the molecule is COc1ccc(C(=O)NN)cc1Cn1nc(C)c(I)c1C. The number of methoxy groups -OCH3 is 1. The van der Waals surface area contributed by atoms with E-state index in [2.05, 4.69) is 33.1 Å². The predicted octanol–water partition coefficient (Wildman–Crippen LogP) is 1.76. The van der Waals surface area contributed by atoms with Gasteiger partial charge in [0, 0.05) is 16.8 Å². The average molecular weight is 400 g/mol. The quantitative estimate of drug-likeness (QED) is 0.355. The van der Waals surface area contributed by atoms with Gasteiger partial charge in [-0.15, -0.1) is 0 Å². The van der Waals surface area contributed by atoms with E-state index in [-0.39, 0.29) is 5.91 Å². The van der Waals surface area contributed by atoms with Crippen molar-refractivity contribution in [3.05, 3.63) is 44.3 Å². The topological polar surface area (TPSA) is 82.2 Å². The zero-order chi connectivity index (χ0) is 15.6. The summed E-state index contributed by atoms with van der Waals surface area (Å²) in [5.41, 5.74) is 5.57. The molecule has 2 rings (SSSR count). The fourth-order valence-corrected chi connectivity index (χ4v) is 2.50. The van der Waals surface area contributed by atoms with Crippen LogP contribution in [0, 0.1) is 17.4 Å². The highest BCUT2D eigenvalue weighted by molar-refractivity contribution is 14.1. The van der Waals surface area contributed by atoms with Gasteiger partial charge in [0.15, 0.2) is 0 Å². The van der Waals surface area contributed by atoms with E-state index in [1.807, 2.05) is 18.5 Å². The Balaban J connectivity index is 2.41. The van der Waals surface area contributed by atoms with Crippen molar-refractivity contribution in [1.29, 1.82) is 0 Å². The van der Waals surface area contributed by atoms with Gasteiger partial charge < -0.3 is 4.74 Å². The van der Waals surface area contributed by atoms with Crippen molar-refractivity contribution >= 4 is 28.5 Å². The minimum Gasteiger partial charge on any atom is -0.496 e. The van der Waals surface area contributed by atoms with E-state index in [4.69, 9.17) is 10.6 Å². The number of benzene rings is 1. The summed E-state index contributed by atoms with van der Waals surface area (Å²) >= 11 is 2.28. The molecule has 7 heteroatoms. The van der Waals surface area contributed by atoms with E-state index in [1.165, 1.54) is 0 Å². The molecular weight excluding hydrogens is 383 g/mol. The summed E-state index contributed by atoms with van der Waals surface area (Å²) < 4.78 is 8.40. The Labute approximate surface area is 136 Å². The number of nitrogens with zero attached hydrogens (tertiary/aromatic N) is 2. The first kappa shape index (κ1) is 15.8. The zero-order valence-corrected chi connectivity index (χ0v) is 14.3. The summed E-state index contributed by atoms with van der Waals surface area (Å²) in [6, 6.07) is 5.20. The summed E-state index contributed by atoms with van der Waals surface area (Å²) in [6.07, 6.45) is 0. The number of aryl methyl sites for hydroxylation is 1. The van der Waals surface area contributed by atoms with Gasteiger partial charge in [-0.2, -0.15) is 5.10 Å². The number of hydrogen-bond acceptors (Lipinski definition) is 4. The van der Waals surface area contributed by atoms with Gasteiger partial charge in [0.05, 0.1) is 22.9 Å². The number of carbonyl (C=O) groups excluding carboxylic acids is 1. The van der Waals surface area contributed by atoms with Crippen LogP contribution in [0.5, 0.6) is 5.75 Å². The van der Waals surface area contributed by atoms with Crippen LogP contribution in [0.1, 0.15) is 27.3 Å². The Hall–Kier alpha value is -1.61. The molecule has 0 saturated heterocycles. The van der Waals surface area contributed by atoms with E-state index in [0.29, 0.717) is 17.9 Å². The Morgan fingerprint density at radius 2 is 2.19 bits per heavy atom. The van der Waals surface area contributed by atoms with Crippen LogP contribution in [0.3, 0.4) is 0 Å². The summed E-state index contributed by atoms with van der Waals surface area (Å²) in [7, 11) is 1.60. The van der Waals surface area contributed by atoms with Gasteiger partial charge in [-0.1, -0.05) is 0 Å². The molecule has 1 amide bonds. The van der Waals surface area contributed by atoms with Crippen molar-refractivity contribution in [2.24, 2.45) is 5.84 Å². The van der Waals surface area contributed by atoms with Gasteiger partial charge in [-0.25, -0.2) is 5.84 Å².